The van der Waals surface area contributed by atoms with Crippen LogP contribution in [0.2, 0.25) is 0 Å². The van der Waals surface area contributed by atoms with E-state index in [1.807, 2.05) is 30.3 Å². The fourth-order valence-electron chi connectivity index (χ4n) is 1.14. The predicted molar refractivity (Wildman–Crippen MR) is 59.8 cm³/mol. The van der Waals surface area contributed by atoms with Crippen LogP contribution in [0.1, 0.15) is 0 Å². The van der Waals surface area contributed by atoms with Gasteiger partial charge in [-0.3, -0.25) is 0 Å². The van der Waals surface area contributed by atoms with E-state index >= 15 is 0 Å². The van der Waals surface area contributed by atoms with Gasteiger partial charge in [0.15, 0.2) is 0 Å². The van der Waals surface area contributed by atoms with Crippen LogP contribution in [-0.2, 0) is 0 Å². The highest BCUT2D eigenvalue weighted by Gasteiger charge is 1.89. The molecule has 0 fully saturated rings. The molecule has 3 nitrogen and oxygen atoms in total. The molecular weight excluding hydrogens is 186 g/mol. The van der Waals surface area contributed by atoms with Crippen molar-refractivity contribution >= 4 is 17.1 Å². The van der Waals surface area contributed by atoms with Gasteiger partial charge in [-0.1, -0.05) is 18.2 Å². The zero-order valence-corrected chi connectivity index (χ0v) is 8.09. The molecule has 0 aliphatic rings. The first-order chi connectivity index (χ1) is 7.34. The lowest BCUT2D eigenvalue weighted by molar-refractivity contribution is 1.23. The van der Waals surface area contributed by atoms with Crippen molar-refractivity contribution in [3.05, 3.63) is 54.6 Å². The van der Waals surface area contributed by atoms with Gasteiger partial charge in [0.05, 0.1) is 17.1 Å². The normalized spacial score (nSPS) is 10.7. The molecule has 0 spiro atoms. The van der Waals surface area contributed by atoms with Crippen molar-refractivity contribution in [2.45, 2.75) is 0 Å². The summed E-state index contributed by atoms with van der Waals surface area (Å²) in [6.45, 7) is 0. The lowest BCUT2D eigenvalue weighted by Gasteiger charge is -1.93. The Kier molecular flexibility index (Phi) is 2.74. The zero-order chi connectivity index (χ0) is 10.5. The van der Waals surface area contributed by atoms with Gasteiger partial charge in [-0.2, -0.15) is 10.2 Å². The van der Waals surface area contributed by atoms with Crippen molar-refractivity contribution in [3.8, 4) is 0 Å². The minimum Gasteiger partial charge on any atom is -0.301 e. The molecule has 1 radical (unpaired) electrons. The van der Waals surface area contributed by atoms with Crippen molar-refractivity contribution < 1.29 is 0 Å². The van der Waals surface area contributed by atoms with Crippen molar-refractivity contribution in [3.63, 3.8) is 0 Å². The van der Waals surface area contributed by atoms with Crippen molar-refractivity contribution in [1.82, 2.24) is 5.73 Å². The van der Waals surface area contributed by atoms with Gasteiger partial charge in [0.25, 0.3) is 0 Å². The Morgan fingerprint density at radius 3 is 1.80 bits per heavy atom. The first-order valence-corrected chi connectivity index (χ1v) is 4.63. The summed E-state index contributed by atoms with van der Waals surface area (Å²) in [5.41, 5.74) is 9.38. The highest BCUT2D eigenvalue weighted by Crippen LogP contribution is 2.18. The Morgan fingerprint density at radius 1 is 0.667 bits per heavy atom. The number of hydrogen-bond acceptors (Lipinski definition) is 2. The molecule has 0 aromatic heterocycles. The Labute approximate surface area is 88.3 Å². The second-order valence-corrected chi connectivity index (χ2v) is 3.08. The average molecular weight is 196 g/mol. The molecule has 3 heteroatoms. The molecule has 15 heavy (non-hydrogen) atoms. The van der Waals surface area contributed by atoms with Crippen LogP contribution in [0.25, 0.3) is 0 Å². The van der Waals surface area contributed by atoms with Gasteiger partial charge in [0, 0.05) is 0 Å². The molecule has 0 atom stereocenters. The number of nitrogens with one attached hydrogen (secondary N) is 1. The summed E-state index contributed by atoms with van der Waals surface area (Å²) >= 11 is 0. The van der Waals surface area contributed by atoms with Gasteiger partial charge in [0.2, 0.25) is 0 Å². The van der Waals surface area contributed by atoms with Crippen molar-refractivity contribution in [2.75, 3.05) is 0 Å². The van der Waals surface area contributed by atoms with Gasteiger partial charge in [-0.25, -0.2) is 0 Å². The maximum absolute atomic E-state index is 7.32. The molecule has 0 unspecified atom stereocenters. The van der Waals surface area contributed by atoms with E-state index in [4.69, 9.17) is 5.73 Å². The predicted octanol–water partition coefficient (Wildman–Crippen LogP) is 4.02. The fourth-order valence-corrected chi connectivity index (χ4v) is 1.14. The van der Waals surface area contributed by atoms with E-state index in [9.17, 15) is 0 Å². The van der Waals surface area contributed by atoms with E-state index in [1.165, 1.54) is 0 Å². The van der Waals surface area contributed by atoms with E-state index < -0.39 is 0 Å². The topological polar surface area (TPSA) is 48.5 Å². The fraction of sp³-hybridized carbons (Fsp3) is 0. The minimum atomic E-state index is 0.480. The maximum atomic E-state index is 7.32. The average Bonchev–Trinajstić information content (AvgIpc) is 2.30. The molecule has 0 heterocycles. The van der Waals surface area contributed by atoms with Crippen LogP contribution in [0.15, 0.2) is 64.8 Å². The van der Waals surface area contributed by atoms with Crippen LogP contribution in [0, 0.1) is 0 Å². The second kappa shape index (κ2) is 4.37. The lowest BCUT2D eigenvalue weighted by Crippen LogP contribution is -1.67. The zero-order valence-electron chi connectivity index (χ0n) is 8.09. The molecular formula is C12H10N3. The van der Waals surface area contributed by atoms with E-state index in [0.717, 1.165) is 11.4 Å². The van der Waals surface area contributed by atoms with E-state index in [1.54, 1.807) is 24.3 Å². The van der Waals surface area contributed by atoms with Crippen LogP contribution in [0.3, 0.4) is 0 Å². The summed E-state index contributed by atoms with van der Waals surface area (Å²) in [6.07, 6.45) is 0. The lowest BCUT2D eigenvalue weighted by atomic mass is 10.3. The third kappa shape index (κ3) is 2.64. The molecule has 0 saturated carbocycles. The smallest absolute Gasteiger partial charge is 0.0858 e. The molecule has 0 aliphatic carbocycles. The third-order valence-corrected chi connectivity index (χ3v) is 1.90. The summed E-state index contributed by atoms with van der Waals surface area (Å²) in [4.78, 5) is 0. The summed E-state index contributed by atoms with van der Waals surface area (Å²) in [6, 6.07) is 16.5. The van der Waals surface area contributed by atoms with Gasteiger partial charge in [-0.15, -0.1) is 0 Å². The summed E-state index contributed by atoms with van der Waals surface area (Å²) in [7, 11) is 0. The standard InChI is InChI=1S/C12H10N3/c13-10-6-8-12(9-7-10)15-14-11-4-2-1-3-5-11/h1-9,13H. The Bertz CT molecular complexity index is 446. The Balaban J connectivity index is 2.15. The molecule has 2 rings (SSSR count). The largest absolute Gasteiger partial charge is 0.301 e. The first kappa shape index (κ1) is 9.40. The number of nitrogens with zero attached hydrogens (tertiary/aromatic N) is 2. The molecule has 0 saturated heterocycles. The summed E-state index contributed by atoms with van der Waals surface area (Å²) < 4.78 is 0. The molecule has 2 aromatic rings. The van der Waals surface area contributed by atoms with Crippen LogP contribution < -0.4 is 5.73 Å². The number of azo groups is 1. The van der Waals surface area contributed by atoms with Crippen LogP contribution in [-0.4, -0.2) is 0 Å². The van der Waals surface area contributed by atoms with E-state index in [2.05, 4.69) is 10.2 Å². The van der Waals surface area contributed by atoms with Gasteiger partial charge in [0.1, 0.15) is 0 Å². The molecule has 73 valence electrons. The highest BCUT2D eigenvalue weighted by atomic mass is 15.1. The van der Waals surface area contributed by atoms with Crippen LogP contribution >= 0.6 is 0 Å². The molecule has 2 aromatic carbocycles. The van der Waals surface area contributed by atoms with Crippen LogP contribution in [0.5, 0.6) is 0 Å². The molecule has 1 N–H and O–H groups in total. The minimum absolute atomic E-state index is 0.480. The molecule has 0 aliphatic heterocycles. The first-order valence-electron chi connectivity index (χ1n) is 4.63. The Hall–Kier alpha value is -2.16. The summed E-state index contributed by atoms with van der Waals surface area (Å²) in [5.74, 6) is 0. The number of benzene rings is 2. The monoisotopic (exact) mass is 196 g/mol. The van der Waals surface area contributed by atoms with Crippen molar-refractivity contribution in [2.24, 2.45) is 10.2 Å². The van der Waals surface area contributed by atoms with Crippen LogP contribution in [0.4, 0.5) is 17.1 Å². The Morgan fingerprint density at radius 2 is 1.20 bits per heavy atom. The van der Waals surface area contributed by atoms with Gasteiger partial charge in [-0.05, 0) is 36.4 Å². The maximum Gasteiger partial charge on any atom is 0.0858 e. The SMILES string of the molecule is [NH]c1ccc(N=Nc2ccccc2)cc1. The molecule has 0 bridgehead atoms. The van der Waals surface area contributed by atoms with Gasteiger partial charge >= 0.3 is 0 Å². The van der Waals surface area contributed by atoms with E-state index in [-0.39, 0.29) is 0 Å². The quantitative estimate of drug-likeness (QED) is 0.651. The van der Waals surface area contributed by atoms with Gasteiger partial charge < -0.3 is 5.73 Å². The second-order valence-electron chi connectivity index (χ2n) is 3.08. The highest BCUT2D eigenvalue weighted by molar-refractivity contribution is 5.46. The van der Waals surface area contributed by atoms with E-state index in [0.29, 0.717) is 5.69 Å². The third-order valence-electron chi connectivity index (χ3n) is 1.90. The number of rotatable bonds is 2. The van der Waals surface area contributed by atoms with Crippen molar-refractivity contribution in [1.29, 1.82) is 0 Å². The number of hydrogen-bond donors (Lipinski definition) is 0. The summed E-state index contributed by atoms with van der Waals surface area (Å²) in [5, 5.41) is 8.13. The molecule has 0 amide bonds.